The maximum Gasteiger partial charge on any atom is 0.189 e. The van der Waals surface area contributed by atoms with Gasteiger partial charge in [-0.2, -0.15) is 0 Å². The molecule has 0 N–H and O–H groups in total. The van der Waals surface area contributed by atoms with E-state index in [0.29, 0.717) is 5.41 Å². The average molecular weight is 500 g/mol. The Morgan fingerprint density at radius 3 is 1.12 bits per heavy atom. The highest BCUT2D eigenvalue weighted by Crippen LogP contribution is 2.34. The van der Waals surface area contributed by atoms with Crippen LogP contribution in [0.15, 0.2) is 0 Å². The molecule has 0 saturated carbocycles. The first-order chi connectivity index (χ1) is 16.3. The first-order valence-electron chi connectivity index (χ1n) is 15.1. The lowest BCUT2D eigenvalue weighted by Gasteiger charge is -2.46. The summed E-state index contributed by atoms with van der Waals surface area (Å²) >= 11 is 0. The molecule has 0 radical (unpaired) electrons. The summed E-state index contributed by atoms with van der Waals surface area (Å²) in [6.07, 6.45) is 8.79. The summed E-state index contributed by atoms with van der Waals surface area (Å²) in [6.45, 7) is 33.1. The second-order valence-electron chi connectivity index (χ2n) is 11.1. The molecule has 4 nitrogen and oxygen atoms in total. The standard InChI is InChI=1S/C29H65N3OSi/c1-10-19-30(20-11-2)26-29(27-31(21-12-3)22-13-4,28-32(23-14-5)24-15-6)18-25-34(9,17-8)33-16-7/h10-28H2,1-9H3. The van der Waals surface area contributed by atoms with Crippen LogP contribution in [-0.4, -0.2) is 88.5 Å². The van der Waals surface area contributed by atoms with E-state index < -0.39 is 8.32 Å². The van der Waals surface area contributed by atoms with E-state index >= 15 is 0 Å². The van der Waals surface area contributed by atoms with Crippen LogP contribution in [0.2, 0.25) is 18.6 Å². The summed E-state index contributed by atoms with van der Waals surface area (Å²) < 4.78 is 6.47. The summed E-state index contributed by atoms with van der Waals surface area (Å²) in [5, 5.41) is 0. The van der Waals surface area contributed by atoms with Crippen LogP contribution in [0.3, 0.4) is 0 Å². The smallest absolute Gasteiger partial charge is 0.189 e. The van der Waals surface area contributed by atoms with E-state index in [-0.39, 0.29) is 0 Å². The van der Waals surface area contributed by atoms with E-state index in [4.69, 9.17) is 4.43 Å². The Morgan fingerprint density at radius 1 is 0.559 bits per heavy atom. The van der Waals surface area contributed by atoms with Gasteiger partial charge in [0.05, 0.1) is 0 Å². The molecule has 0 saturated heterocycles. The second kappa shape index (κ2) is 20.2. The number of nitrogens with zero attached hydrogens (tertiary/aromatic N) is 3. The van der Waals surface area contributed by atoms with Crippen LogP contribution in [0.4, 0.5) is 0 Å². The molecule has 0 amide bonds. The minimum atomic E-state index is -1.65. The van der Waals surface area contributed by atoms with Crippen molar-refractivity contribution in [1.82, 2.24) is 14.7 Å². The van der Waals surface area contributed by atoms with Gasteiger partial charge < -0.3 is 19.1 Å². The van der Waals surface area contributed by atoms with Gasteiger partial charge in [0.2, 0.25) is 0 Å². The lowest BCUT2D eigenvalue weighted by Crippen LogP contribution is -2.53. The number of hydrogen-bond acceptors (Lipinski definition) is 4. The van der Waals surface area contributed by atoms with Crippen molar-refractivity contribution in [2.45, 2.75) is 119 Å². The lowest BCUT2D eigenvalue weighted by molar-refractivity contribution is 0.0478. The van der Waals surface area contributed by atoms with E-state index in [1.807, 2.05) is 0 Å². The minimum Gasteiger partial charge on any atom is -0.417 e. The molecule has 0 bridgehead atoms. The highest BCUT2D eigenvalue weighted by atomic mass is 28.4. The SMILES string of the molecule is CCCN(CCC)CC(CC[Si](C)(CC)OCC)(CN(CCC)CCC)CN(CCC)CCC. The van der Waals surface area contributed by atoms with Gasteiger partial charge in [0.25, 0.3) is 0 Å². The molecule has 0 spiro atoms. The molecular weight excluding hydrogens is 434 g/mol. The van der Waals surface area contributed by atoms with Gasteiger partial charge in [0.1, 0.15) is 0 Å². The molecule has 0 aliphatic heterocycles. The minimum absolute atomic E-state index is 0.305. The Bertz CT molecular complexity index is 401. The molecule has 0 aromatic rings. The van der Waals surface area contributed by atoms with Crippen molar-refractivity contribution in [2.24, 2.45) is 5.41 Å². The van der Waals surface area contributed by atoms with Crippen molar-refractivity contribution in [3.05, 3.63) is 0 Å². The highest BCUT2D eigenvalue weighted by molar-refractivity contribution is 6.72. The van der Waals surface area contributed by atoms with Gasteiger partial charge in [-0.05, 0) is 110 Å². The zero-order valence-corrected chi connectivity index (χ0v) is 26.2. The van der Waals surface area contributed by atoms with Gasteiger partial charge in [-0.15, -0.1) is 0 Å². The molecule has 0 aliphatic rings. The van der Waals surface area contributed by atoms with Gasteiger partial charge in [0.15, 0.2) is 8.32 Å². The molecule has 0 fully saturated rings. The highest BCUT2D eigenvalue weighted by Gasteiger charge is 2.39. The molecule has 0 heterocycles. The van der Waals surface area contributed by atoms with Gasteiger partial charge >= 0.3 is 0 Å². The zero-order chi connectivity index (χ0) is 25.9. The van der Waals surface area contributed by atoms with E-state index in [9.17, 15) is 0 Å². The van der Waals surface area contributed by atoms with Crippen molar-refractivity contribution >= 4 is 8.32 Å². The van der Waals surface area contributed by atoms with Crippen LogP contribution < -0.4 is 0 Å². The molecule has 0 aromatic heterocycles. The Balaban J connectivity index is 6.27. The van der Waals surface area contributed by atoms with Crippen molar-refractivity contribution < 1.29 is 4.43 Å². The Morgan fingerprint density at radius 2 is 0.882 bits per heavy atom. The van der Waals surface area contributed by atoms with Gasteiger partial charge in [-0.25, -0.2) is 0 Å². The second-order valence-corrected chi connectivity index (χ2v) is 15.5. The maximum atomic E-state index is 6.47. The van der Waals surface area contributed by atoms with Crippen LogP contribution in [0.5, 0.6) is 0 Å². The largest absolute Gasteiger partial charge is 0.417 e. The van der Waals surface area contributed by atoms with Crippen LogP contribution >= 0.6 is 0 Å². The van der Waals surface area contributed by atoms with Crippen molar-refractivity contribution in [1.29, 1.82) is 0 Å². The molecule has 1 unspecified atom stereocenters. The lowest BCUT2D eigenvalue weighted by atomic mass is 9.82. The summed E-state index contributed by atoms with van der Waals surface area (Å²) in [5.41, 5.74) is 0.305. The molecule has 1 atom stereocenters. The summed E-state index contributed by atoms with van der Waals surface area (Å²) in [4.78, 5) is 8.41. The Kier molecular flexibility index (Phi) is 20.2. The predicted octanol–water partition coefficient (Wildman–Crippen LogP) is 7.36. The van der Waals surface area contributed by atoms with Gasteiger partial charge in [0, 0.05) is 31.7 Å². The average Bonchev–Trinajstić information content (AvgIpc) is 2.79. The third kappa shape index (κ3) is 14.0. The van der Waals surface area contributed by atoms with Crippen molar-refractivity contribution in [3.63, 3.8) is 0 Å². The van der Waals surface area contributed by atoms with E-state index in [0.717, 1.165) is 6.61 Å². The third-order valence-electron chi connectivity index (χ3n) is 7.34. The zero-order valence-electron chi connectivity index (χ0n) is 25.2. The topological polar surface area (TPSA) is 19.0 Å². The predicted molar refractivity (Wildman–Crippen MR) is 157 cm³/mol. The quantitative estimate of drug-likeness (QED) is 0.129. The fourth-order valence-electron chi connectivity index (χ4n) is 5.75. The molecule has 206 valence electrons. The maximum absolute atomic E-state index is 6.47. The summed E-state index contributed by atoms with van der Waals surface area (Å²) in [7, 11) is -1.65. The number of hydrogen-bond donors (Lipinski definition) is 0. The fraction of sp³-hybridized carbons (Fsp3) is 1.00. The van der Waals surface area contributed by atoms with Gasteiger partial charge in [-0.3, -0.25) is 0 Å². The first-order valence-corrected chi connectivity index (χ1v) is 17.9. The molecule has 0 aromatic carbocycles. The molecule has 0 rings (SSSR count). The molecular formula is C29H65N3OSi. The molecule has 34 heavy (non-hydrogen) atoms. The van der Waals surface area contributed by atoms with E-state index in [1.54, 1.807) is 0 Å². The van der Waals surface area contributed by atoms with E-state index in [1.165, 1.54) is 116 Å². The van der Waals surface area contributed by atoms with Gasteiger partial charge in [-0.1, -0.05) is 48.5 Å². The Hall–Kier alpha value is 0.0569. The summed E-state index contributed by atoms with van der Waals surface area (Å²) in [5.74, 6) is 0. The van der Waals surface area contributed by atoms with E-state index in [2.05, 4.69) is 76.6 Å². The van der Waals surface area contributed by atoms with Crippen LogP contribution in [0.1, 0.15) is 100 Å². The third-order valence-corrected chi connectivity index (χ3v) is 11.1. The fourth-order valence-corrected chi connectivity index (χ4v) is 8.20. The molecule has 5 heteroatoms. The summed E-state index contributed by atoms with van der Waals surface area (Å²) in [6, 6.07) is 2.52. The first kappa shape index (κ1) is 34.1. The van der Waals surface area contributed by atoms with Crippen molar-refractivity contribution in [3.8, 4) is 0 Å². The normalized spacial score (nSPS) is 14.5. The number of rotatable bonds is 24. The van der Waals surface area contributed by atoms with Crippen LogP contribution in [0.25, 0.3) is 0 Å². The van der Waals surface area contributed by atoms with Crippen molar-refractivity contribution in [2.75, 3.05) is 65.5 Å². The molecule has 0 aliphatic carbocycles. The Labute approximate surface area is 217 Å². The monoisotopic (exact) mass is 499 g/mol. The van der Waals surface area contributed by atoms with Crippen LogP contribution in [0, 0.1) is 5.41 Å². The van der Waals surface area contributed by atoms with Crippen LogP contribution in [-0.2, 0) is 4.43 Å².